The van der Waals surface area contributed by atoms with Crippen LogP contribution in [0.2, 0.25) is 0 Å². The van der Waals surface area contributed by atoms with Gasteiger partial charge in [0.15, 0.2) is 0 Å². The Balaban J connectivity index is 2.29. The monoisotopic (exact) mass is 260 g/mol. The van der Waals surface area contributed by atoms with E-state index in [1.165, 1.54) is 22.3 Å². The van der Waals surface area contributed by atoms with Gasteiger partial charge in [0, 0.05) is 11.8 Å². The molecule has 0 unspecified atom stereocenters. The van der Waals surface area contributed by atoms with Gasteiger partial charge >= 0.3 is 0 Å². The first kappa shape index (κ1) is 12.5. The van der Waals surface area contributed by atoms with Crippen LogP contribution in [-0.4, -0.2) is 9.97 Å². The molecule has 0 atom stereocenters. The predicted octanol–water partition coefficient (Wildman–Crippen LogP) is 4.43. The quantitative estimate of drug-likeness (QED) is 0.681. The van der Waals surface area contributed by atoms with E-state index < -0.39 is 0 Å². The summed E-state index contributed by atoms with van der Waals surface area (Å²) in [6.07, 6.45) is 3.38. The van der Waals surface area contributed by atoms with Crippen LogP contribution >= 0.6 is 0 Å². The predicted molar refractivity (Wildman–Crippen MR) is 82.4 cm³/mol. The van der Waals surface area contributed by atoms with Crippen LogP contribution in [0.15, 0.2) is 61.1 Å². The summed E-state index contributed by atoms with van der Waals surface area (Å²) < 4.78 is 0. The molecule has 98 valence electrons. The van der Waals surface area contributed by atoms with Gasteiger partial charge in [0.1, 0.15) is 6.33 Å². The van der Waals surface area contributed by atoms with Crippen molar-refractivity contribution in [2.75, 3.05) is 0 Å². The number of nitrogens with zero attached hydrogens (tertiary/aromatic N) is 2. The van der Waals surface area contributed by atoms with Crippen LogP contribution in [0.5, 0.6) is 0 Å². The first-order valence-corrected chi connectivity index (χ1v) is 6.69. The number of hydrogen-bond acceptors (Lipinski definition) is 2. The zero-order valence-corrected chi connectivity index (χ0v) is 11.7. The fourth-order valence-electron chi connectivity index (χ4n) is 2.54. The zero-order valence-electron chi connectivity index (χ0n) is 11.7. The number of hydrogen-bond donors (Lipinski definition) is 0. The third-order valence-corrected chi connectivity index (χ3v) is 3.55. The molecule has 2 nitrogen and oxygen atoms in total. The first-order valence-electron chi connectivity index (χ1n) is 6.69. The molecule has 0 saturated carbocycles. The van der Waals surface area contributed by atoms with Crippen molar-refractivity contribution in [3.63, 3.8) is 0 Å². The van der Waals surface area contributed by atoms with Crippen LogP contribution in [-0.2, 0) is 0 Å². The van der Waals surface area contributed by atoms with E-state index >= 15 is 0 Å². The summed E-state index contributed by atoms with van der Waals surface area (Å²) in [5, 5.41) is 0. The van der Waals surface area contributed by atoms with E-state index in [1.807, 2.05) is 6.07 Å². The molecule has 0 fully saturated rings. The Bertz CT molecular complexity index is 733. The van der Waals surface area contributed by atoms with E-state index in [2.05, 4.69) is 66.3 Å². The summed E-state index contributed by atoms with van der Waals surface area (Å²) in [5.41, 5.74) is 7.17. The third-order valence-electron chi connectivity index (χ3n) is 3.55. The van der Waals surface area contributed by atoms with Crippen LogP contribution in [0.1, 0.15) is 11.1 Å². The molecular weight excluding hydrogens is 244 g/mol. The van der Waals surface area contributed by atoms with Gasteiger partial charge < -0.3 is 0 Å². The number of aromatic nitrogens is 2. The van der Waals surface area contributed by atoms with Gasteiger partial charge in [-0.2, -0.15) is 0 Å². The lowest BCUT2D eigenvalue weighted by atomic mass is 9.91. The standard InChI is InChI=1S/C18H16N2/c1-13-6-3-4-8-15(13)18-14(2)7-5-9-16(18)17-10-11-19-12-20-17/h3-12H,1-2H3. The maximum absolute atomic E-state index is 4.39. The highest BCUT2D eigenvalue weighted by molar-refractivity contribution is 5.85. The van der Waals surface area contributed by atoms with Crippen molar-refractivity contribution in [3.05, 3.63) is 72.2 Å². The van der Waals surface area contributed by atoms with Crippen LogP contribution in [0.4, 0.5) is 0 Å². The normalized spacial score (nSPS) is 10.5. The minimum absolute atomic E-state index is 0.960. The second-order valence-corrected chi connectivity index (χ2v) is 4.91. The molecule has 2 aromatic carbocycles. The number of benzene rings is 2. The highest BCUT2D eigenvalue weighted by Gasteiger charge is 2.12. The molecule has 2 heteroatoms. The van der Waals surface area contributed by atoms with Crippen LogP contribution < -0.4 is 0 Å². The van der Waals surface area contributed by atoms with E-state index in [0.29, 0.717) is 0 Å². The summed E-state index contributed by atoms with van der Waals surface area (Å²) in [7, 11) is 0. The molecule has 1 heterocycles. The SMILES string of the molecule is Cc1ccccc1-c1c(C)cccc1-c1ccncn1. The van der Waals surface area contributed by atoms with Crippen molar-refractivity contribution < 1.29 is 0 Å². The maximum atomic E-state index is 4.39. The Morgan fingerprint density at radius 1 is 0.750 bits per heavy atom. The van der Waals surface area contributed by atoms with Crippen molar-refractivity contribution in [1.82, 2.24) is 9.97 Å². The molecule has 0 N–H and O–H groups in total. The van der Waals surface area contributed by atoms with Gasteiger partial charge in [-0.05, 0) is 42.2 Å². The average Bonchev–Trinajstić information content (AvgIpc) is 2.49. The topological polar surface area (TPSA) is 25.8 Å². The van der Waals surface area contributed by atoms with Crippen LogP contribution in [0.25, 0.3) is 22.4 Å². The van der Waals surface area contributed by atoms with Gasteiger partial charge in [0.05, 0.1) is 5.69 Å². The summed E-state index contributed by atoms with van der Waals surface area (Å²) in [6, 6.07) is 16.8. The highest BCUT2D eigenvalue weighted by atomic mass is 14.8. The van der Waals surface area contributed by atoms with Gasteiger partial charge in [-0.15, -0.1) is 0 Å². The van der Waals surface area contributed by atoms with Crippen LogP contribution in [0, 0.1) is 13.8 Å². The maximum Gasteiger partial charge on any atom is 0.116 e. The van der Waals surface area contributed by atoms with E-state index in [0.717, 1.165) is 11.3 Å². The molecule has 0 radical (unpaired) electrons. The fourth-order valence-corrected chi connectivity index (χ4v) is 2.54. The molecule has 0 spiro atoms. The van der Waals surface area contributed by atoms with Gasteiger partial charge in [-0.1, -0.05) is 42.5 Å². The van der Waals surface area contributed by atoms with Crippen molar-refractivity contribution in [2.45, 2.75) is 13.8 Å². The van der Waals surface area contributed by atoms with E-state index in [4.69, 9.17) is 0 Å². The minimum Gasteiger partial charge on any atom is -0.245 e. The molecule has 0 bridgehead atoms. The largest absolute Gasteiger partial charge is 0.245 e. The van der Waals surface area contributed by atoms with Crippen LogP contribution in [0.3, 0.4) is 0 Å². The second kappa shape index (κ2) is 5.25. The molecular formula is C18H16N2. The van der Waals surface area contributed by atoms with Crippen molar-refractivity contribution in [3.8, 4) is 22.4 Å². The Morgan fingerprint density at radius 2 is 1.50 bits per heavy atom. The van der Waals surface area contributed by atoms with Crippen molar-refractivity contribution in [2.24, 2.45) is 0 Å². The molecule has 0 saturated heterocycles. The molecule has 0 aliphatic heterocycles. The minimum atomic E-state index is 0.960. The lowest BCUT2D eigenvalue weighted by Crippen LogP contribution is -1.93. The zero-order chi connectivity index (χ0) is 13.9. The summed E-state index contributed by atoms with van der Waals surface area (Å²) in [6.45, 7) is 4.29. The lowest BCUT2D eigenvalue weighted by molar-refractivity contribution is 1.17. The Labute approximate surface area is 119 Å². The Hall–Kier alpha value is -2.48. The lowest BCUT2D eigenvalue weighted by Gasteiger charge is -2.14. The molecule has 0 amide bonds. The van der Waals surface area contributed by atoms with Gasteiger partial charge in [-0.3, -0.25) is 0 Å². The Morgan fingerprint density at radius 3 is 2.25 bits per heavy atom. The van der Waals surface area contributed by atoms with Crippen molar-refractivity contribution in [1.29, 1.82) is 0 Å². The summed E-state index contributed by atoms with van der Waals surface area (Å²) >= 11 is 0. The van der Waals surface area contributed by atoms with E-state index in [1.54, 1.807) is 12.5 Å². The molecule has 1 aromatic heterocycles. The van der Waals surface area contributed by atoms with E-state index in [9.17, 15) is 0 Å². The first-order chi connectivity index (χ1) is 9.77. The number of rotatable bonds is 2. The molecule has 0 aliphatic carbocycles. The highest BCUT2D eigenvalue weighted by Crippen LogP contribution is 2.35. The molecule has 3 rings (SSSR count). The molecule has 0 aliphatic rings. The average molecular weight is 260 g/mol. The van der Waals surface area contributed by atoms with Gasteiger partial charge in [-0.25, -0.2) is 9.97 Å². The molecule has 20 heavy (non-hydrogen) atoms. The third kappa shape index (κ3) is 2.21. The van der Waals surface area contributed by atoms with Gasteiger partial charge in [0.25, 0.3) is 0 Å². The second-order valence-electron chi connectivity index (χ2n) is 4.91. The summed E-state index contributed by atoms with van der Waals surface area (Å²) in [4.78, 5) is 8.40. The Kier molecular flexibility index (Phi) is 3.30. The fraction of sp³-hybridized carbons (Fsp3) is 0.111. The smallest absolute Gasteiger partial charge is 0.116 e. The van der Waals surface area contributed by atoms with E-state index in [-0.39, 0.29) is 0 Å². The molecule has 3 aromatic rings. The van der Waals surface area contributed by atoms with Crippen molar-refractivity contribution >= 4 is 0 Å². The van der Waals surface area contributed by atoms with Gasteiger partial charge in [0.2, 0.25) is 0 Å². The number of aryl methyl sites for hydroxylation is 2. The summed E-state index contributed by atoms with van der Waals surface area (Å²) in [5.74, 6) is 0.